The van der Waals surface area contributed by atoms with E-state index in [0.29, 0.717) is 0 Å². The van der Waals surface area contributed by atoms with E-state index >= 15 is 0 Å². The summed E-state index contributed by atoms with van der Waals surface area (Å²) in [7, 11) is 3.86. The maximum Gasteiger partial charge on any atom is 0.0602 e. The van der Waals surface area contributed by atoms with Crippen LogP contribution >= 0.6 is 0 Å². The van der Waals surface area contributed by atoms with E-state index in [2.05, 4.69) is 43.5 Å². The van der Waals surface area contributed by atoms with Gasteiger partial charge in [0.15, 0.2) is 0 Å². The van der Waals surface area contributed by atoms with Gasteiger partial charge in [0.2, 0.25) is 0 Å². The summed E-state index contributed by atoms with van der Waals surface area (Å²) in [5, 5.41) is 6.28. The number of hydrogen-bond acceptors (Lipinski definition) is 2. The van der Waals surface area contributed by atoms with Crippen LogP contribution in [0.2, 0.25) is 0 Å². The second-order valence-electron chi connectivity index (χ2n) is 3.20. The lowest BCUT2D eigenvalue weighted by Crippen LogP contribution is -1.98. The number of hydrogen-bond donors (Lipinski definition) is 2. The van der Waals surface area contributed by atoms with Crippen LogP contribution in [-0.4, -0.2) is 14.1 Å². The molecule has 1 rings (SSSR count). The summed E-state index contributed by atoms with van der Waals surface area (Å²) in [6, 6.07) is 6.19. The number of benzene rings is 1. The minimum atomic E-state index is 1.15. The molecule has 0 atom stereocenters. The van der Waals surface area contributed by atoms with Gasteiger partial charge in [-0.15, -0.1) is 0 Å². The van der Waals surface area contributed by atoms with Gasteiger partial charge in [0, 0.05) is 14.1 Å². The molecule has 2 heteroatoms. The van der Waals surface area contributed by atoms with Crippen molar-refractivity contribution in [1.29, 1.82) is 0 Å². The van der Waals surface area contributed by atoms with Crippen LogP contribution in [0.1, 0.15) is 39.7 Å². The molecule has 0 amide bonds. The van der Waals surface area contributed by atoms with Gasteiger partial charge in [-0.05, 0) is 18.6 Å². The molecule has 2 N–H and O–H groups in total. The highest BCUT2D eigenvalue weighted by atomic mass is 14.9. The SMILES string of the molecule is CC.CCC.CNc1cccc(C)c1NC. The molecule has 0 heterocycles. The van der Waals surface area contributed by atoms with Gasteiger partial charge in [-0.1, -0.05) is 46.2 Å². The van der Waals surface area contributed by atoms with Crippen molar-refractivity contribution in [3.8, 4) is 0 Å². The van der Waals surface area contributed by atoms with Crippen LogP contribution in [0.15, 0.2) is 18.2 Å². The number of anilines is 2. The molecule has 1 aromatic rings. The third-order valence-electron chi connectivity index (χ3n) is 1.79. The minimum absolute atomic E-state index is 1.15. The number of para-hydroxylation sites is 1. The second-order valence-corrected chi connectivity index (χ2v) is 3.20. The fourth-order valence-corrected chi connectivity index (χ4v) is 1.21. The van der Waals surface area contributed by atoms with Crippen molar-refractivity contribution in [2.45, 2.75) is 41.0 Å². The molecule has 0 aliphatic heterocycles. The first-order chi connectivity index (χ1) is 7.71. The van der Waals surface area contributed by atoms with E-state index < -0.39 is 0 Å². The maximum atomic E-state index is 3.15. The van der Waals surface area contributed by atoms with Gasteiger partial charge in [-0.2, -0.15) is 0 Å². The van der Waals surface area contributed by atoms with E-state index in [1.54, 1.807) is 0 Å². The van der Waals surface area contributed by atoms with Crippen LogP contribution in [0, 0.1) is 6.92 Å². The second kappa shape index (κ2) is 11.9. The van der Waals surface area contributed by atoms with Gasteiger partial charge in [-0.3, -0.25) is 0 Å². The lowest BCUT2D eigenvalue weighted by Gasteiger charge is -2.10. The summed E-state index contributed by atoms with van der Waals surface area (Å²) in [6.45, 7) is 10.3. The Balaban J connectivity index is 0. The molecule has 0 spiro atoms. The highest BCUT2D eigenvalue weighted by Crippen LogP contribution is 2.23. The molecule has 0 saturated heterocycles. The van der Waals surface area contributed by atoms with Crippen molar-refractivity contribution in [3.63, 3.8) is 0 Å². The molecular weight excluding hydrogens is 196 g/mol. The van der Waals surface area contributed by atoms with E-state index in [-0.39, 0.29) is 0 Å². The Hall–Kier alpha value is -1.18. The van der Waals surface area contributed by atoms with E-state index in [0.717, 1.165) is 5.69 Å². The predicted molar refractivity (Wildman–Crippen MR) is 77.6 cm³/mol. The smallest absolute Gasteiger partial charge is 0.0602 e. The molecule has 0 aromatic heterocycles. The van der Waals surface area contributed by atoms with E-state index in [9.17, 15) is 0 Å². The summed E-state index contributed by atoms with van der Waals surface area (Å²) in [5.41, 5.74) is 3.59. The average Bonchev–Trinajstić information content (AvgIpc) is 2.32. The van der Waals surface area contributed by atoms with Crippen LogP contribution in [0.5, 0.6) is 0 Å². The first kappa shape index (κ1) is 17.2. The zero-order valence-electron chi connectivity index (χ0n) is 11.9. The summed E-state index contributed by atoms with van der Waals surface area (Å²) in [4.78, 5) is 0. The van der Waals surface area contributed by atoms with Gasteiger partial charge in [-0.25, -0.2) is 0 Å². The lowest BCUT2D eigenvalue weighted by atomic mass is 10.1. The van der Waals surface area contributed by atoms with Gasteiger partial charge in [0.25, 0.3) is 0 Å². The zero-order valence-corrected chi connectivity index (χ0v) is 11.9. The van der Waals surface area contributed by atoms with E-state index in [1.807, 2.05) is 34.0 Å². The topological polar surface area (TPSA) is 24.1 Å². The quantitative estimate of drug-likeness (QED) is 0.771. The Labute approximate surface area is 101 Å². The average molecular weight is 224 g/mol. The van der Waals surface area contributed by atoms with Crippen molar-refractivity contribution in [2.24, 2.45) is 0 Å². The van der Waals surface area contributed by atoms with Crippen molar-refractivity contribution < 1.29 is 0 Å². The highest BCUT2D eigenvalue weighted by molar-refractivity contribution is 5.71. The van der Waals surface area contributed by atoms with Crippen molar-refractivity contribution >= 4 is 11.4 Å². The van der Waals surface area contributed by atoms with Crippen molar-refractivity contribution in [3.05, 3.63) is 23.8 Å². The Morgan fingerprint density at radius 1 is 1.00 bits per heavy atom. The Bertz CT molecular complexity index is 257. The van der Waals surface area contributed by atoms with Crippen LogP contribution < -0.4 is 10.6 Å². The third kappa shape index (κ3) is 6.33. The monoisotopic (exact) mass is 224 g/mol. The summed E-state index contributed by atoms with van der Waals surface area (Å²) < 4.78 is 0. The molecule has 0 unspecified atom stereocenters. The van der Waals surface area contributed by atoms with Crippen LogP contribution in [-0.2, 0) is 0 Å². The molecule has 0 fully saturated rings. The zero-order chi connectivity index (χ0) is 13.0. The molecule has 0 radical (unpaired) electrons. The fourth-order valence-electron chi connectivity index (χ4n) is 1.21. The Morgan fingerprint density at radius 3 is 1.81 bits per heavy atom. The van der Waals surface area contributed by atoms with Crippen molar-refractivity contribution in [2.75, 3.05) is 24.7 Å². The van der Waals surface area contributed by atoms with Crippen LogP contribution in [0.25, 0.3) is 0 Å². The fraction of sp³-hybridized carbons (Fsp3) is 0.571. The van der Waals surface area contributed by atoms with Gasteiger partial charge in [0.1, 0.15) is 0 Å². The van der Waals surface area contributed by atoms with Crippen LogP contribution in [0.3, 0.4) is 0 Å². The van der Waals surface area contributed by atoms with Crippen LogP contribution in [0.4, 0.5) is 11.4 Å². The lowest BCUT2D eigenvalue weighted by molar-refractivity contribution is 1.09. The van der Waals surface area contributed by atoms with Gasteiger partial charge in [0.05, 0.1) is 11.4 Å². The highest BCUT2D eigenvalue weighted by Gasteiger charge is 1.99. The first-order valence-corrected chi connectivity index (χ1v) is 6.16. The standard InChI is InChI=1S/C9H14N2.C3H8.C2H6/c1-7-5-4-6-8(10-2)9(7)11-3;1-3-2;1-2/h4-6,10-11H,1-3H3;3H2,1-2H3;1-2H3. The third-order valence-corrected chi connectivity index (χ3v) is 1.79. The van der Waals surface area contributed by atoms with Gasteiger partial charge < -0.3 is 10.6 Å². The molecule has 0 aliphatic rings. The molecule has 0 aliphatic carbocycles. The predicted octanol–water partition coefficient (Wildman–Crippen LogP) is 4.52. The van der Waals surface area contributed by atoms with Gasteiger partial charge >= 0.3 is 0 Å². The molecule has 94 valence electrons. The largest absolute Gasteiger partial charge is 0.386 e. The number of nitrogens with one attached hydrogen (secondary N) is 2. The molecule has 0 saturated carbocycles. The summed E-state index contributed by atoms with van der Waals surface area (Å²) in [6.07, 6.45) is 1.25. The minimum Gasteiger partial charge on any atom is -0.386 e. The van der Waals surface area contributed by atoms with E-state index in [1.165, 1.54) is 17.7 Å². The molecule has 0 bridgehead atoms. The first-order valence-electron chi connectivity index (χ1n) is 6.16. The summed E-state index contributed by atoms with van der Waals surface area (Å²) >= 11 is 0. The van der Waals surface area contributed by atoms with Crippen molar-refractivity contribution in [1.82, 2.24) is 0 Å². The molecule has 2 nitrogen and oxygen atoms in total. The maximum absolute atomic E-state index is 3.15. The summed E-state index contributed by atoms with van der Waals surface area (Å²) in [5.74, 6) is 0. The Morgan fingerprint density at radius 2 is 1.50 bits per heavy atom. The van der Waals surface area contributed by atoms with E-state index in [4.69, 9.17) is 0 Å². The molecular formula is C14H28N2. The molecule has 1 aromatic carbocycles. The molecule has 16 heavy (non-hydrogen) atoms. The Kier molecular flexibility index (Phi) is 12.8. The normalized spacial score (nSPS) is 7.94. The number of aryl methyl sites for hydroxylation is 1. The number of rotatable bonds is 2.